The summed E-state index contributed by atoms with van der Waals surface area (Å²) in [5.74, 6) is 6.02. The number of rotatable bonds is 1. The van der Waals surface area contributed by atoms with Crippen LogP contribution in [0.2, 0.25) is 5.02 Å². The first kappa shape index (κ1) is 9.60. The molecular formula is C8H8ClN5O. The van der Waals surface area contributed by atoms with Crippen LogP contribution in [-0.2, 0) is 0 Å². The van der Waals surface area contributed by atoms with Gasteiger partial charge in [-0.25, -0.2) is 4.68 Å². The third kappa shape index (κ3) is 1.55. The van der Waals surface area contributed by atoms with Gasteiger partial charge in [-0.1, -0.05) is 11.6 Å². The summed E-state index contributed by atoms with van der Waals surface area (Å²) >= 11 is 5.92. The van der Waals surface area contributed by atoms with Crippen LogP contribution >= 0.6 is 11.6 Å². The number of nitrogens with zero attached hydrogens (tertiary/aromatic N) is 3. The number of hydrogen-bond acceptors (Lipinski definition) is 5. The number of phenols is 1. The Labute approximate surface area is 90.1 Å². The second-order valence-corrected chi connectivity index (χ2v) is 3.32. The predicted molar refractivity (Wildman–Crippen MR) is 56.7 cm³/mol. The van der Waals surface area contributed by atoms with E-state index in [-0.39, 0.29) is 11.7 Å². The van der Waals surface area contributed by atoms with Crippen molar-refractivity contribution in [2.75, 3.05) is 11.6 Å². The molecule has 0 amide bonds. The molecule has 0 atom stereocenters. The van der Waals surface area contributed by atoms with Crippen molar-refractivity contribution in [3.63, 3.8) is 0 Å². The van der Waals surface area contributed by atoms with Crippen molar-refractivity contribution in [2.45, 2.75) is 0 Å². The molecule has 0 unspecified atom stereocenters. The van der Waals surface area contributed by atoms with Gasteiger partial charge in [0.05, 0.1) is 5.02 Å². The number of phenolic OH excluding ortho intramolecular Hbond substituents is 1. The molecule has 6 nitrogen and oxygen atoms in total. The maximum Gasteiger partial charge on any atom is 0.241 e. The Hall–Kier alpha value is -1.95. The van der Waals surface area contributed by atoms with E-state index in [1.54, 1.807) is 0 Å². The summed E-state index contributed by atoms with van der Waals surface area (Å²) in [6, 6.07) is 4.44. The maximum atomic E-state index is 9.31. The quantitative estimate of drug-likeness (QED) is 0.617. The number of halogens is 1. The molecule has 7 heteroatoms. The molecular weight excluding hydrogens is 218 g/mol. The SMILES string of the molecule is Nc1nnc(-c2cc(O)ccc2Cl)n1N. The lowest BCUT2D eigenvalue weighted by Gasteiger charge is -2.04. The summed E-state index contributed by atoms with van der Waals surface area (Å²) in [5, 5.41) is 17.1. The Morgan fingerprint density at radius 1 is 1.33 bits per heavy atom. The van der Waals surface area contributed by atoms with Crippen LogP contribution in [0.4, 0.5) is 5.95 Å². The normalized spacial score (nSPS) is 10.5. The lowest BCUT2D eigenvalue weighted by atomic mass is 10.2. The molecule has 0 saturated heterocycles. The summed E-state index contributed by atoms with van der Waals surface area (Å²) in [5.41, 5.74) is 5.90. The maximum absolute atomic E-state index is 9.31. The van der Waals surface area contributed by atoms with Crippen molar-refractivity contribution >= 4 is 17.5 Å². The second kappa shape index (κ2) is 3.32. The van der Waals surface area contributed by atoms with Crippen LogP contribution in [0, 0.1) is 0 Å². The Bertz CT molecular complexity index is 510. The molecule has 2 rings (SSSR count). The van der Waals surface area contributed by atoms with E-state index in [1.807, 2.05) is 0 Å². The number of aromatic hydroxyl groups is 1. The van der Waals surface area contributed by atoms with E-state index >= 15 is 0 Å². The fourth-order valence-electron chi connectivity index (χ4n) is 1.17. The van der Waals surface area contributed by atoms with Gasteiger partial charge >= 0.3 is 0 Å². The van der Waals surface area contributed by atoms with Crippen molar-refractivity contribution in [3.8, 4) is 17.1 Å². The molecule has 0 aliphatic carbocycles. The second-order valence-electron chi connectivity index (χ2n) is 2.92. The standard InChI is InChI=1S/C8H8ClN5O/c9-6-2-1-4(15)3-5(6)7-12-13-8(10)14(7)11/h1-3,15H,11H2,(H2,10,13). The highest BCUT2D eigenvalue weighted by molar-refractivity contribution is 6.33. The lowest BCUT2D eigenvalue weighted by molar-refractivity contribution is 0.475. The molecule has 1 aromatic heterocycles. The van der Waals surface area contributed by atoms with Crippen molar-refractivity contribution in [1.29, 1.82) is 0 Å². The van der Waals surface area contributed by atoms with Gasteiger partial charge < -0.3 is 16.7 Å². The van der Waals surface area contributed by atoms with E-state index in [2.05, 4.69) is 10.2 Å². The van der Waals surface area contributed by atoms with E-state index in [4.69, 9.17) is 23.2 Å². The lowest BCUT2D eigenvalue weighted by Crippen LogP contribution is -2.13. The van der Waals surface area contributed by atoms with E-state index in [0.717, 1.165) is 4.68 Å². The Morgan fingerprint density at radius 3 is 2.67 bits per heavy atom. The molecule has 2 aromatic rings. The first-order valence-electron chi connectivity index (χ1n) is 4.04. The zero-order chi connectivity index (χ0) is 11.0. The van der Waals surface area contributed by atoms with Gasteiger partial charge in [0.1, 0.15) is 5.75 Å². The molecule has 78 valence electrons. The Kier molecular flexibility index (Phi) is 2.12. The molecule has 1 aromatic carbocycles. The van der Waals surface area contributed by atoms with E-state index in [9.17, 15) is 5.11 Å². The minimum absolute atomic E-state index is 0.0657. The smallest absolute Gasteiger partial charge is 0.241 e. The third-order valence-electron chi connectivity index (χ3n) is 1.91. The minimum Gasteiger partial charge on any atom is -0.508 e. The molecule has 0 bridgehead atoms. The summed E-state index contributed by atoms with van der Waals surface area (Å²) < 4.78 is 1.10. The summed E-state index contributed by atoms with van der Waals surface area (Å²) in [6.07, 6.45) is 0. The van der Waals surface area contributed by atoms with Crippen LogP contribution in [0.3, 0.4) is 0 Å². The van der Waals surface area contributed by atoms with Crippen molar-refractivity contribution in [1.82, 2.24) is 14.9 Å². The zero-order valence-corrected chi connectivity index (χ0v) is 8.31. The number of nitrogen functional groups attached to an aromatic ring is 2. The number of aromatic nitrogens is 3. The molecule has 1 heterocycles. The van der Waals surface area contributed by atoms with Gasteiger partial charge in [0.15, 0.2) is 5.82 Å². The average Bonchev–Trinajstić information content (AvgIpc) is 2.52. The highest BCUT2D eigenvalue weighted by Crippen LogP contribution is 2.29. The summed E-state index contributed by atoms with van der Waals surface area (Å²) in [7, 11) is 0. The summed E-state index contributed by atoms with van der Waals surface area (Å²) in [4.78, 5) is 0. The first-order valence-corrected chi connectivity index (χ1v) is 4.42. The third-order valence-corrected chi connectivity index (χ3v) is 2.24. The van der Waals surface area contributed by atoms with Crippen molar-refractivity contribution < 1.29 is 5.11 Å². The van der Waals surface area contributed by atoms with Gasteiger partial charge in [-0.05, 0) is 18.2 Å². The molecule has 0 radical (unpaired) electrons. The van der Waals surface area contributed by atoms with Crippen LogP contribution in [0.1, 0.15) is 0 Å². The predicted octanol–water partition coefficient (Wildman–Crippen LogP) is 0.600. The fraction of sp³-hybridized carbons (Fsp3) is 0. The molecule has 0 saturated carbocycles. The van der Waals surface area contributed by atoms with Crippen LogP contribution in [0.5, 0.6) is 5.75 Å². The number of hydrogen-bond donors (Lipinski definition) is 3. The van der Waals surface area contributed by atoms with Crippen molar-refractivity contribution in [3.05, 3.63) is 23.2 Å². The molecule has 15 heavy (non-hydrogen) atoms. The van der Waals surface area contributed by atoms with Gasteiger partial charge in [-0.15, -0.1) is 10.2 Å². The van der Waals surface area contributed by atoms with Crippen LogP contribution in [0.25, 0.3) is 11.4 Å². The first-order chi connectivity index (χ1) is 7.09. The van der Waals surface area contributed by atoms with Crippen LogP contribution in [-0.4, -0.2) is 20.0 Å². The van der Waals surface area contributed by atoms with E-state index in [0.29, 0.717) is 16.4 Å². The highest BCUT2D eigenvalue weighted by atomic mass is 35.5. The Balaban J connectivity index is 2.63. The molecule has 0 spiro atoms. The highest BCUT2D eigenvalue weighted by Gasteiger charge is 2.13. The largest absolute Gasteiger partial charge is 0.508 e. The van der Waals surface area contributed by atoms with Gasteiger partial charge in [0.2, 0.25) is 5.95 Å². The molecule has 0 aliphatic heterocycles. The van der Waals surface area contributed by atoms with Gasteiger partial charge in [0, 0.05) is 5.56 Å². The van der Waals surface area contributed by atoms with Crippen LogP contribution in [0.15, 0.2) is 18.2 Å². The van der Waals surface area contributed by atoms with E-state index in [1.165, 1.54) is 18.2 Å². The van der Waals surface area contributed by atoms with Crippen molar-refractivity contribution in [2.24, 2.45) is 0 Å². The number of nitrogens with two attached hydrogens (primary N) is 2. The van der Waals surface area contributed by atoms with Crippen LogP contribution < -0.4 is 11.6 Å². The van der Waals surface area contributed by atoms with E-state index < -0.39 is 0 Å². The van der Waals surface area contributed by atoms with Gasteiger partial charge in [-0.3, -0.25) is 0 Å². The van der Waals surface area contributed by atoms with Gasteiger partial charge in [-0.2, -0.15) is 0 Å². The monoisotopic (exact) mass is 225 g/mol. The average molecular weight is 226 g/mol. The summed E-state index contributed by atoms with van der Waals surface area (Å²) in [6.45, 7) is 0. The molecule has 0 fully saturated rings. The zero-order valence-electron chi connectivity index (χ0n) is 7.55. The minimum atomic E-state index is 0.0657. The molecule has 0 aliphatic rings. The Morgan fingerprint density at radius 2 is 2.07 bits per heavy atom. The molecule has 5 N–H and O–H groups in total. The van der Waals surface area contributed by atoms with Gasteiger partial charge in [0.25, 0.3) is 0 Å². The fourth-order valence-corrected chi connectivity index (χ4v) is 1.37. The number of benzene rings is 1. The number of anilines is 1. The topological polar surface area (TPSA) is 103 Å².